The van der Waals surface area contributed by atoms with E-state index in [1.807, 2.05) is 26.0 Å². The van der Waals surface area contributed by atoms with Gasteiger partial charge in [-0.05, 0) is 35.4 Å². The fourth-order valence-electron chi connectivity index (χ4n) is 5.40. The van der Waals surface area contributed by atoms with Crippen molar-refractivity contribution in [1.82, 2.24) is 0 Å². The van der Waals surface area contributed by atoms with Crippen molar-refractivity contribution in [3.05, 3.63) is 150 Å². The molecule has 6 rings (SSSR count). The average Bonchev–Trinajstić information content (AvgIpc) is 3.69. The van der Waals surface area contributed by atoms with Crippen LogP contribution in [0, 0.1) is 52.0 Å². The second-order valence-corrected chi connectivity index (χ2v) is 15.5. The average molecular weight is 796 g/mol. The quantitative estimate of drug-likeness (QED) is 0.137. The van der Waals surface area contributed by atoms with Gasteiger partial charge >= 0.3 is 28.4 Å². The van der Waals surface area contributed by atoms with Gasteiger partial charge in [-0.3, -0.25) is 6.08 Å². The summed E-state index contributed by atoms with van der Waals surface area (Å²) in [7, 11) is 0. The Morgan fingerprint density at radius 3 is 1.54 bits per heavy atom. The summed E-state index contributed by atoms with van der Waals surface area (Å²) in [6.07, 6.45) is 11.0. The number of aryl methyl sites for hydroxylation is 4. The molecule has 0 fully saturated rings. The summed E-state index contributed by atoms with van der Waals surface area (Å²) in [6.45, 7) is 22.0. The molecule has 0 amide bonds. The van der Waals surface area contributed by atoms with E-state index in [0.717, 1.165) is 24.0 Å². The topological polar surface area (TPSA) is 0 Å². The Kier molecular flexibility index (Phi) is 16.8. The van der Waals surface area contributed by atoms with Crippen LogP contribution in [-0.4, -0.2) is 4.21 Å². The van der Waals surface area contributed by atoms with Crippen LogP contribution >= 0.6 is 46.4 Å². The van der Waals surface area contributed by atoms with Crippen molar-refractivity contribution in [2.24, 2.45) is 0 Å². The van der Waals surface area contributed by atoms with Crippen LogP contribution in [-0.2, 0) is 41.5 Å². The van der Waals surface area contributed by atoms with Gasteiger partial charge in [-0.2, -0.15) is 94.4 Å². The van der Waals surface area contributed by atoms with E-state index >= 15 is 0 Å². The molecule has 0 N–H and O–H groups in total. The van der Waals surface area contributed by atoms with Crippen molar-refractivity contribution in [3.63, 3.8) is 0 Å². The van der Waals surface area contributed by atoms with E-state index in [1.165, 1.54) is 68.7 Å². The van der Waals surface area contributed by atoms with E-state index < -0.39 is 0 Å². The maximum atomic E-state index is 5.70. The third-order valence-electron chi connectivity index (χ3n) is 7.76. The normalized spacial score (nSPS) is 12.2. The predicted octanol–water partition coefficient (Wildman–Crippen LogP) is 13.7. The van der Waals surface area contributed by atoms with E-state index in [9.17, 15) is 0 Å². The zero-order valence-corrected chi connectivity index (χ0v) is 35.4. The van der Waals surface area contributed by atoms with Gasteiger partial charge in [0.05, 0.1) is 0 Å². The minimum absolute atomic E-state index is 0.163. The van der Waals surface area contributed by atoms with Crippen LogP contribution in [0.4, 0.5) is 0 Å². The molecule has 5 heteroatoms. The first kappa shape index (κ1) is 42.4. The summed E-state index contributed by atoms with van der Waals surface area (Å²) in [4.78, 5) is 0. The molecule has 2 aliphatic rings. The van der Waals surface area contributed by atoms with Gasteiger partial charge in [0.25, 0.3) is 0 Å². The van der Waals surface area contributed by atoms with Gasteiger partial charge < -0.3 is 0 Å². The summed E-state index contributed by atoms with van der Waals surface area (Å²) in [5.41, 5.74) is 13.5. The molecule has 0 saturated heterocycles. The van der Waals surface area contributed by atoms with Crippen molar-refractivity contribution >= 4 is 50.6 Å². The Morgan fingerprint density at radius 1 is 0.667 bits per heavy atom. The van der Waals surface area contributed by atoms with Crippen molar-refractivity contribution in [2.75, 3.05) is 0 Å². The van der Waals surface area contributed by atoms with E-state index in [0.29, 0.717) is 20.1 Å². The van der Waals surface area contributed by atoms with Gasteiger partial charge in [-0.1, -0.05) is 106 Å². The fourth-order valence-corrected chi connectivity index (χ4v) is 6.18. The number of fused-ring (bicyclic) bond motifs is 3. The Bertz CT molecular complexity index is 1620. The zero-order chi connectivity index (χ0) is 36.4. The molecule has 0 radical (unpaired) electrons. The summed E-state index contributed by atoms with van der Waals surface area (Å²) >= 11 is 23.9. The third-order valence-corrected chi connectivity index (χ3v) is 8.99. The molecule has 0 heterocycles. The van der Waals surface area contributed by atoms with E-state index in [-0.39, 0.29) is 10.8 Å². The number of halogens is 4. The third kappa shape index (κ3) is 12.6. The summed E-state index contributed by atoms with van der Waals surface area (Å²) < 4.78 is 3.34. The van der Waals surface area contributed by atoms with E-state index in [2.05, 4.69) is 108 Å². The molecular formula is C43H46Cl4Zr-4. The Balaban J connectivity index is 0.000000261. The van der Waals surface area contributed by atoms with E-state index in [1.54, 1.807) is 24.3 Å². The number of allylic oxidation sites excluding steroid dienone is 4. The van der Waals surface area contributed by atoms with Crippen molar-refractivity contribution in [1.29, 1.82) is 0 Å². The first-order valence-corrected chi connectivity index (χ1v) is 19.1. The molecule has 4 aromatic carbocycles. The number of benzene rings is 4. The molecular weight excluding hydrogens is 750 g/mol. The van der Waals surface area contributed by atoms with Crippen LogP contribution in [0.15, 0.2) is 60.7 Å². The standard InChI is InChI=1S/C23H29.2C7H5Cl2.C5H5.CH2.Zr/c1-14-9-16-11-17-10-15(2)21(23(6,7)8)13-19(17)18(16)12-20(14)22(3,4)5;2*1-5-2-3-6(8)4-7(5)9;1-2-4-5-3-1;;/h9,12-13H,11H2,1-8H3;2*3-4H,1H3;1-3H,4H2;1H2;/q4*-1;;. The molecule has 0 atom stereocenters. The molecule has 0 aliphatic heterocycles. The fraction of sp³-hybridized carbons (Fsp3) is 0.326. The second-order valence-electron chi connectivity index (χ2n) is 13.8. The molecule has 0 unspecified atom stereocenters. The summed E-state index contributed by atoms with van der Waals surface area (Å²) in [5, 5.41) is 2.60. The SMILES string of the molecule is Cc1[c-]c2c(cc1C(C)(C)C)-c1cc(C(C)(C)C)c(C)cc1C2.Cc1[c-]cc(Cl)cc1Cl.Cc1[c-]cc(Cl)cc1Cl.[C-]1=CC=CC1.[CH2]=[Zr]. The number of hydrogen-bond donors (Lipinski definition) is 0. The number of rotatable bonds is 0. The van der Waals surface area contributed by atoms with Crippen LogP contribution in [0.1, 0.15) is 92.5 Å². The first-order valence-electron chi connectivity index (χ1n) is 15.8. The Hall–Kier alpha value is -1.73. The molecule has 48 heavy (non-hydrogen) atoms. The molecule has 0 bridgehead atoms. The summed E-state index contributed by atoms with van der Waals surface area (Å²) in [6, 6.07) is 23.6. The van der Waals surface area contributed by atoms with Gasteiger partial charge in [0, 0.05) is 0 Å². The Morgan fingerprint density at radius 2 is 1.17 bits per heavy atom. The van der Waals surface area contributed by atoms with Crippen LogP contribution in [0.25, 0.3) is 11.1 Å². The monoisotopic (exact) mass is 792 g/mol. The molecule has 0 aromatic heterocycles. The molecule has 2 aliphatic carbocycles. The van der Waals surface area contributed by atoms with Crippen LogP contribution in [0.3, 0.4) is 0 Å². The van der Waals surface area contributed by atoms with Crippen molar-refractivity contribution in [3.8, 4) is 11.1 Å². The molecule has 254 valence electrons. The van der Waals surface area contributed by atoms with Gasteiger partial charge in [-0.25, -0.2) is 12.2 Å². The van der Waals surface area contributed by atoms with E-state index in [4.69, 9.17) is 46.4 Å². The van der Waals surface area contributed by atoms with Crippen molar-refractivity contribution < 1.29 is 24.2 Å². The second kappa shape index (κ2) is 19.0. The molecule has 0 nitrogen and oxygen atoms in total. The van der Waals surface area contributed by atoms with Gasteiger partial charge in [0.1, 0.15) is 0 Å². The molecule has 0 saturated carbocycles. The number of hydrogen-bond acceptors (Lipinski definition) is 0. The van der Waals surface area contributed by atoms with Crippen LogP contribution in [0.5, 0.6) is 0 Å². The zero-order valence-electron chi connectivity index (χ0n) is 29.9. The van der Waals surface area contributed by atoms with Crippen molar-refractivity contribution in [2.45, 2.75) is 92.9 Å². The maximum absolute atomic E-state index is 5.70. The van der Waals surface area contributed by atoms with Gasteiger partial charge in [0.15, 0.2) is 0 Å². The van der Waals surface area contributed by atoms with Gasteiger partial charge in [0.2, 0.25) is 0 Å². The molecule has 0 spiro atoms. The van der Waals surface area contributed by atoms with Crippen LogP contribution < -0.4 is 0 Å². The first-order chi connectivity index (χ1) is 22.4. The van der Waals surface area contributed by atoms with Crippen LogP contribution in [0.2, 0.25) is 20.1 Å². The Labute approximate surface area is 325 Å². The molecule has 4 aromatic rings. The summed E-state index contributed by atoms with van der Waals surface area (Å²) in [5.74, 6) is 0. The van der Waals surface area contributed by atoms with Gasteiger partial charge in [-0.15, -0.1) is 46.4 Å². The minimum atomic E-state index is 0.163. The predicted molar refractivity (Wildman–Crippen MR) is 209 cm³/mol.